The molecule has 0 saturated carbocycles. The van der Waals surface area contributed by atoms with Crippen molar-refractivity contribution in [2.75, 3.05) is 12.3 Å². The molecule has 0 aliphatic rings. The summed E-state index contributed by atoms with van der Waals surface area (Å²) in [6, 6.07) is 0. The third-order valence-corrected chi connectivity index (χ3v) is 3.98. The number of rotatable bonds is 10. The van der Waals surface area contributed by atoms with E-state index in [1.165, 1.54) is 6.42 Å². The highest BCUT2D eigenvalue weighted by molar-refractivity contribution is 7.89. The molecular formula is C11H23NO4S. The zero-order chi connectivity index (χ0) is 13.3. The van der Waals surface area contributed by atoms with Crippen molar-refractivity contribution in [2.24, 2.45) is 5.92 Å². The SMILES string of the molecule is CCCCCC(C)CCS(=O)(=O)NCC(=O)O. The van der Waals surface area contributed by atoms with Crippen LogP contribution >= 0.6 is 0 Å². The molecule has 0 bridgehead atoms. The van der Waals surface area contributed by atoms with Gasteiger partial charge in [-0.15, -0.1) is 0 Å². The third kappa shape index (κ3) is 10.3. The molecule has 0 aromatic heterocycles. The van der Waals surface area contributed by atoms with Crippen LogP contribution in [0.25, 0.3) is 0 Å². The van der Waals surface area contributed by atoms with E-state index in [1.54, 1.807) is 0 Å². The molecular weight excluding hydrogens is 242 g/mol. The summed E-state index contributed by atoms with van der Waals surface area (Å²) in [6.45, 7) is 3.62. The van der Waals surface area contributed by atoms with E-state index >= 15 is 0 Å². The minimum Gasteiger partial charge on any atom is -0.480 e. The van der Waals surface area contributed by atoms with E-state index in [2.05, 4.69) is 11.6 Å². The van der Waals surface area contributed by atoms with Crippen LogP contribution in [0.5, 0.6) is 0 Å². The second-order valence-electron chi connectivity index (χ2n) is 4.42. The summed E-state index contributed by atoms with van der Waals surface area (Å²) in [7, 11) is -3.43. The van der Waals surface area contributed by atoms with E-state index in [1.807, 2.05) is 6.92 Å². The number of hydrogen-bond acceptors (Lipinski definition) is 3. The summed E-state index contributed by atoms with van der Waals surface area (Å²) >= 11 is 0. The highest BCUT2D eigenvalue weighted by Crippen LogP contribution is 2.13. The topological polar surface area (TPSA) is 83.5 Å². The molecule has 1 unspecified atom stereocenters. The molecule has 17 heavy (non-hydrogen) atoms. The van der Waals surface area contributed by atoms with Crippen molar-refractivity contribution in [2.45, 2.75) is 46.0 Å². The standard InChI is InChI=1S/C11H23NO4S/c1-3-4-5-6-10(2)7-8-17(15,16)12-9-11(13)14/h10,12H,3-9H2,1-2H3,(H,13,14). The van der Waals surface area contributed by atoms with Gasteiger partial charge in [0.05, 0.1) is 5.75 Å². The van der Waals surface area contributed by atoms with Gasteiger partial charge >= 0.3 is 5.97 Å². The third-order valence-electron chi connectivity index (χ3n) is 2.62. The molecule has 6 heteroatoms. The maximum Gasteiger partial charge on any atom is 0.318 e. The monoisotopic (exact) mass is 265 g/mol. The van der Waals surface area contributed by atoms with Gasteiger partial charge in [-0.3, -0.25) is 4.79 Å². The van der Waals surface area contributed by atoms with Crippen LogP contribution in [0, 0.1) is 5.92 Å². The van der Waals surface area contributed by atoms with Gasteiger partial charge in [-0.1, -0.05) is 39.5 Å². The predicted octanol–water partition coefficient (Wildman–Crippen LogP) is 1.60. The number of carboxylic acid groups (broad SMARTS) is 1. The Bertz CT molecular complexity index is 313. The first-order valence-electron chi connectivity index (χ1n) is 6.06. The van der Waals surface area contributed by atoms with E-state index in [0.717, 1.165) is 19.3 Å². The van der Waals surface area contributed by atoms with Crippen LogP contribution in [0.15, 0.2) is 0 Å². The lowest BCUT2D eigenvalue weighted by molar-refractivity contribution is -0.135. The molecule has 1 atom stereocenters. The molecule has 0 spiro atoms. The highest BCUT2D eigenvalue weighted by atomic mass is 32.2. The molecule has 5 nitrogen and oxygen atoms in total. The molecule has 102 valence electrons. The molecule has 0 rings (SSSR count). The van der Waals surface area contributed by atoms with Gasteiger partial charge < -0.3 is 5.11 Å². The van der Waals surface area contributed by atoms with Crippen molar-refractivity contribution in [3.63, 3.8) is 0 Å². The number of carboxylic acids is 1. The van der Waals surface area contributed by atoms with Crippen molar-refractivity contribution in [1.82, 2.24) is 4.72 Å². The zero-order valence-corrected chi connectivity index (χ0v) is 11.4. The van der Waals surface area contributed by atoms with E-state index in [4.69, 9.17) is 5.11 Å². The number of unbranched alkanes of at least 4 members (excludes halogenated alkanes) is 2. The molecule has 0 aromatic carbocycles. The maximum absolute atomic E-state index is 11.4. The van der Waals surface area contributed by atoms with Gasteiger partial charge in [0, 0.05) is 0 Å². The van der Waals surface area contributed by atoms with E-state index in [-0.39, 0.29) is 5.75 Å². The summed E-state index contributed by atoms with van der Waals surface area (Å²) in [5, 5.41) is 8.37. The summed E-state index contributed by atoms with van der Waals surface area (Å²) in [5.74, 6) is -0.791. The molecule has 0 radical (unpaired) electrons. The molecule has 0 aliphatic heterocycles. The fourth-order valence-electron chi connectivity index (χ4n) is 1.49. The van der Waals surface area contributed by atoms with E-state index in [0.29, 0.717) is 12.3 Å². The van der Waals surface area contributed by atoms with Crippen LogP contribution < -0.4 is 4.72 Å². The first kappa shape index (κ1) is 16.4. The predicted molar refractivity (Wildman–Crippen MR) is 67.3 cm³/mol. The quantitative estimate of drug-likeness (QED) is 0.588. The van der Waals surface area contributed by atoms with Crippen LogP contribution in [0.1, 0.15) is 46.0 Å². The van der Waals surface area contributed by atoms with Crippen LogP contribution in [-0.4, -0.2) is 31.8 Å². The lowest BCUT2D eigenvalue weighted by Gasteiger charge is -2.11. The molecule has 0 saturated heterocycles. The fourth-order valence-corrected chi connectivity index (χ4v) is 2.69. The van der Waals surface area contributed by atoms with Gasteiger partial charge in [-0.25, -0.2) is 13.1 Å². The molecule has 0 aliphatic carbocycles. The molecule has 0 heterocycles. The Morgan fingerprint density at radius 3 is 2.47 bits per heavy atom. The lowest BCUT2D eigenvalue weighted by Crippen LogP contribution is -2.31. The zero-order valence-electron chi connectivity index (χ0n) is 10.6. The molecule has 0 fully saturated rings. The average molecular weight is 265 g/mol. The fraction of sp³-hybridized carbons (Fsp3) is 0.909. The second kappa shape index (κ2) is 8.47. The van der Waals surface area contributed by atoms with E-state index < -0.39 is 22.5 Å². The van der Waals surface area contributed by atoms with E-state index in [9.17, 15) is 13.2 Å². The normalized spacial score (nSPS) is 13.5. The largest absolute Gasteiger partial charge is 0.480 e. The van der Waals surface area contributed by atoms with Crippen molar-refractivity contribution < 1.29 is 18.3 Å². The minimum absolute atomic E-state index is 0.00751. The number of nitrogens with one attached hydrogen (secondary N) is 1. The maximum atomic E-state index is 11.4. The van der Waals surface area contributed by atoms with Crippen LogP contribution in [0.3, 0.4) is 0 Å². The Balaban J connectivity index is 3.80. The first-order valence-corrected chi connectivity index (χ1v) is 7.71. The van der Waals surface area contributed by atoms with Crippen LogP contribution in [-0.2, 0) is 14.8 Å². The van der Waals surface area contributed by atoms with Crippen molar-refractivity contribution in [1.29, 1.82) is 0 Å². The van der Waals surface area contributed by atoms with Gasteiger partial charge in [0.25, 0.3) is 0 Å². The molecule has 2 N–H and O–H groups in total. The highest BCUT2D eigenvalue weighted by Gasteiger charge is 2.13. The number of aliphatic carboxylic acids is 1. The van der Waals surface area contributed by atoms with Gasteiger partial charge in [-0.2, -0.15) is 0 Å². The summed E-state index contributed by atoms with van der Waals surface area (Å²) < 4.78 is 24.8. The Labute approximate surface area is 104 Å². The summed E-state index contributed by atoms with van der Waals surface area (Å²) in [4.78, 5) is 10.2. The van der Waals surface area contributed by atoms with Gasteiger partial charge in [-0.05, 0) is 12.3 Å². The Hall–Kier alpha value is -0.620. The van der Waals surface area contributed by atoms with Crippen molar-refractivity contribution in [3.05, 3.63) is 0 Å². The molecule has 0 amide bonds. The van der Waals surface area contributed by atoms with Crippen LogP contribution in [0.2, 0.25) is 0 Å². The van der Waals surface area contributed by atoms with Gasteiger partial charge in [0.2, 0.25) is 10.0 Å². The second-order valence-corrected chi connectivity index (χ2v) is 6.35. The first-order chi connectivity index (χ1) is 7.87. The van der Waals surface area contributed by atoms with Crippen molar-refractivity contribution in [3.8, 4) is 0 Å². The Morgan fingerprint density at radius 2 is 1.94 bits per heavy atom. The van der Waals surface area contributed by atoms with Crippen molar-refractivity contribution >= 4 is 16.0 Å². The molecule has 0 aromatic rings. The number of carbonyl (C=O) groups is 1. The Morgan fingerprint density at radius 1 is 1.29 bits per heavy atom. The lowest BCUT2D eigenvalue weighted by atomic mass is 10.0. The summed E-state index contributed by atoms with van der Waals surface area (Å²) in [5.41, 5.74) is 0. The average Bonchev–Trinajstić information content (AvgIpc) is 2.25. The van der Waals surface area contributed by atoms with Gasteiger partial charge in [0.15, 0.2) is 0 Å². The van der Waals surface area contributed by atoms with Crippen LogP contribution in [0.4, 0.5) is 0 Å². The minimum atomic E-state index is -3.43. The van der Waals surface area contributed by atoms with Gasteiger partial charge in [0.1, 0.15) is 6.54 Å². The number of sulfonamides is 1. The number of hydrogen-bond donors (Lipinski definition) is 2. The Kier molecular flexibility index (Phi) is 8.16. The summed E-state index contributed by atoms with van der Waals surface area (Å²) in [6.07, 6.45) is 5.07. The smallest absolute Gasteiger partial charge is 0.318 e.